The molecular weight excluding hydrogens is 421 g/mol. The highest BCUT2D eigenvalue weighted by Gasteiger charge is 2.44. The summed E-state index contributed by atoms with van der Waals surface area (Å²) in [6.07, 6.45) is 3.32. The van der Waals surface area contributed by atoms with Gasteiger partial charge in [0, 0.05) is 31.6 Å². The number of alkyl halides is 1. The van der Waals surface area contributed by atoms with Crippen LogP contribution in [0.1, 0.15) is 38.3 Å². The van der Waals surface area contributed by atoms with Crippen molar-refractivity contribution in [3.05, 3.63) is 35.7 Å². The molecule has 31 heavy (non-hydrogen) atoms. The lowest BCUT2D eigenvalue weighted by atomic mass is 9.84. The number of rotatable bonds is 6. The molecule has 1 atom stereocenters. The average molecular weight is 450 g/mol. The van der Waals surface area contributed by atoms with E-state index in [9.17, 15) is 12.8 Å². The monoisotopic (exact) mass is 449 g/mol. The lowest BCUT2D eigenvalue weighted by molar-refractivity contribution is 0.0235. The number of H-pyrrole nitrogens is 2. The van der Waals surface area contributed by atoms with Gasteiger partial charge in [-0.05, 0) is 57.4 Å². The normalized spacial score (nSPS) is 21.7. The number of sulfonamides is 1. The van der Waals surface area contributed by atoms with Crippen molar-refractivity contribution in [2.75, 3.05) is 26.2 Å². The lowest BCUT2D eigenvalue weighted by Crippen LogP contribution is -2.60. The fraction of sp³-hybridized carbons (Fsp3) is 0.550. The minimum atomic E-state index is -3.80. The number of fused-ring (bicyclic) bond motifs is 1. The summed E-state index contributed by atoms with van der Waals surface area (Å²) in [7, 11) is -3.80. The summed E-state index contributed by atoms with van der Waals surface area (Å²) in [4.78, 5) is 2.19. The van der Waals surface area contributed by atoms with E-state index in [0.29, 0.717) is 26.1 Å². The van der Waals surface area contributed by atoms with Crippen molar-refractivity contribution < 1.29 is 12.8 Å². The van der Waals surface area contributed by atoms with Gasteiger partial charge in [-0.1, -0.05) is 0 Å². The second-order valence-corrected chi connectivity index (χ2v) is 10.9. The maximum absolute atomic E-state index is 14.3. The smallest absolute Gasteiger partial charge is 0.264 e. The molecule has 2 N–H and O–H groups in total. The highest BCUT2D eigenvalue weighted by Crippen LogP contribution is 2.38. The molecule has 9 nitrogen and oxygen atoms in total. The fourth-order valence-electron chi connectivity index (χ4n) is 4.35. The molecule has 0 unspecified atom stereocenters. The van der Waals surface area contributed by atoms with Gasteiger partial charge in [-0.25, -0.2) is 12.8 Å². The number of halogens is 1. The summed E-state index contributed by atoms with van der Waals surface area (Å²) in [6, 6.07) is 4.07. The summed E-state index contributed by atoms with van der Waals surface area (Å²) >= 11 is 0. The van der Waals surface area contributed by atoms with E-state index in [1.54, 1.807) is 20.0 Å². The van der Waals surface area contributed by atoms with E-state index in [0.717, 1.165) is 22.0 Å². The minimum absolute atomic E-state index is 0.102. The topological polar surface area (TPSA) is 111 Å². The zero-order chi connectivity index (χ0) is 22.4. The molecule has 0 bridgehead atoms. The van der Waals surface area contributed by atoms with Gasteiger partial charge in [-0.15, -0.1) is 5.10 Å². The molecule has 4 rings (SSSR count). The number of piperazine rings is 1. The Morgan fingerprint density at radius 3 is 2.68 bits per heavy atom. The summed E-state index contributed by atoms with van der Waals surface area (Å²) in [6.45, 7) is 8.67. The van der Waals surface area contributed by atoms with Crippen molar-refractivity contribution >= 4 is 20.9 Å². The zero-order valence-corrected chi connectivity index (χ0v) is 19.0. The Kier molecular flexibility index (Phi) is 5.39. The third-order valence-electron chi connectivity index (χ3n) is 6.14. The first-order valence-electron chi connectivity index (χ1n) is 10.2. The first-order chi connectivity index (χ1) is 14.5. The van der Waals surface area contributed by atoms with Crippen LogP contribution in [0.4, 0.5) is 4.39 Å². The average Bonchev–Trinajstić information content (AvgIpc) is 3.37. The molecule has 0 amide bonds. The summed E-state index contributed by atoms with van der Waals surface area (Å²) in [5.41, 5.74) is 0.969. The van der Waals surface area contributed by atoms with Crippen LogP contribution in [0.25, 0.3) is 10.9 Å². The van der Waals surface area contributed by atoms with Crippen LogP contribution in [0.3, 0.4) is 0 Å². The molecule has 1 saturated heterocycles. The highest BCUT2D eigenvalue weighted by atomic mass is 32.2. The van der Waals surface area contributed by atoms with Gasteiger partial charge in [-0.2, -0.15) is 19.7 Å². The molecule has 1 aromatic carbocycles. The molecule has 1 aliphatic rings. The lowest BCUT2D eigenvalue weighted by Gasteiger charge is -2.49. The molecule has 0 saturated carbocycles. The van der Waals surface area contributed by atoms with Gasteiger partial charge >= 0.3 is 0 Å². The van der Waals surface area contributed by atoms with Gasteiger partial charge < -0.3 is 0 Å². The predicted octanol–water partition coefficient (Wildman–Crippen LogP) is 2.35. The predicted molar refractivity (Wildman–Crippen MR) is 115 cm³/mol. The van der Waals surface area contributed by atoms with Crippen LogP contribution in [-0.2, 0) is 15.6 Å². The number of hydrogen-bond acceptors (Lipinski definition) is 6. The van der Waals surface area contributed by atoms with Crippen molar-refractivity contribution in [1.29, 1.82) is 0 Å². The van der Waals surface area contributed by atoms with Crippen molar-refractivity contribution in [2.45, 2.75) is 50.3 Å². The number of nitrogens with one attached hydrogen (secondary N) is 2. The maximum atomic E-state index is 14.3. The second-order valence-electron chi connectivity index (χ2n) is 9.00. The quantitative estimate of drug-likeness (QED) is 0.598. The Bertz CT molecular complexity index is 1170. The van der Waals surface area contributed by atoms with Crippen molar-refractivity contribution in [2.24, 2.45) is 0 Å². The Hall–Kier alpha value is -2.37. The number of aromatic nitrogens is 5. The van der Waals surface area contributed by atoms with Crippen molar-refractivity contribution in [3.63, 3.8) is 0 Å². The van der Waals surface area contributed by atoms with E-state index >= 15 is 0 Å². The summed E-state index contributed by atoms with van der Waals surface area (Å²) in [5.74, 6) is 0. The Balaban J connectivity index is 1.76. The van der Waals surface area contributed by atoms with Crippen LogP contribution >= 0.6 is 0 Å². The Labute approximate surface area is 181 Å². The molecule has 0 spiro atoms. The van der Waals surface area contributed by atoms with Gasteiger partial charge in [0.15, 0.2) is 0 Å². The van der Waals surface area contributed by atoms with E-state index in [1.807, 2.05) is 26.0 Å². The first kappa shape index (κ1) is 21.8. The molecule has 1 aliphatic heterocycles. The maximum Gasteiger partial charge on any atom is 0.264 e. The largest absolute Gasteiger partial charge is 0.291 e. The number of aromatic amines is 2. The van der Waals surface area contributed by atoms with Crippen molar-refractivity contribution in [1.82, 2.24) is 34.8 Å². The van der Waals surface area contributed by atoms with Gasteiger partial charge in [-0.3, -0.25) is 10.00 Å². The summed E-state index contributed by atoms with van der Waals surface area (Å²) in [5, 5.41) is 17.7. The zero-order valence-electron chi connectivity index (χ0n) is 18.2. The fourth-order valence-corrected chi connectivity index (χ4v) is 5.70. The number of hydrogen-bond donors (Lipinski definition) is 2. The van der Waals surface area contributed by atoms with Crippen LogP contribution in [0.2, 0.25) is 0 Å². The van der Waals surface area contributed by atoms with E-state index in [4.69, 9.17) is 0 Å². The van der Waals surface area contributed by atoms with Gasteiger partial charge in [0.25, 0.3) is 10.0 Å². The van der Waals surface area contributed by atoms with Gasteiger partial charge in [0.05, 0.1) is 23.4 Å². The van der Waals surface area contributed by atoms with E-state index < -0.39 is 21.2 Å². The Morgan fingerprint density at radius 1 is 1.23 bits per heavy atom. The van der Waals surface area contributed by atoms with E-state index in [-0.39, 0.29) is 11.6 Å². The van der Waals surface area contributed by atoms with E-state index in [2.05, 4.69) is 30.5 Å². The molecule has 168 valence electrons. The number of benzene rings is 1. The SMILES string of the molecule is Cc1cc2[nH]ncc2cc1[C@@]1(C)CN(S(=O)(=O)c2cn[nH]n2)CCN1CCC(C)(C)F. The van der Waals surface area contributed by atoms with E-state index in [1.165, 1.54) is 10.5 Å². The van der Waals surface area contributed by atoms with Gasteiger partial charge in [0.1, 0.15) is 5.67 Å². The summed E-state index contributed by atoms with van der Waals surface area (Å²) < 4.78 is 42.1. The number of nitrogens with zero attached hydrogens (tertiary/aromatic N) is 5. The minimum Gasteiger partial charge on any atom is -0.291 e. The first-order valence-corrected chi connectivity index (χ1v) is 11.7. The molecule has 3 aromatic rings. The molecule has 0 aliphatic carbocycles. The third-order valence-corrected chi connectivity index (χ3v) is 7.86. The van der Waals surface area contributed by atoms with Crippen LogP contribution in [0.15, 0.2) is 29.6 Å². The van der Waals surface area contributed by atoms with Crippen LogP contribution in [0.5, 0.6) is 0 Å². The molecule has 2 aromatic heterocycles. The second kappa shape index (κ2) is 7.64. The van der Waals surface area contributed by atoms with Crippen LogP contribution in [0, 0.1) is 6.92 Å². The third kappa shape index (κ3) is 4.09. The number of aryl methyl sites for hydroxylation is 1. The highest BCUT2D eigenvalue weighted by molar-refractivity contribution is 7.89. The molecule has 0 radical (unpaired) electrons. The standard InChI is InChI=1S/C20H28FN7O2S/c1-14-9-17-15(11-22-24-17)10-16(14)20(4)13-28(31(29,30)18-12-23-26-25-18)8-7-27(20)6-5-19(2,3)21/h9-12H,5-8,13H2,1-4H3,(H,22,24)(H,23,25,26)/t20-/m1/s1. The van der Waals surface area contributed by atoms with Crippen LogP contribution < -0.4 is 0 Å². The van der Waals surface area contributed by atoms with Crippen LogP contribution in [-0.4, -0.2) is 75.1 Å². The van der Waals surface area contributed by atoms with Gasteiger partial charge in [0.2, 0.25) is 5.03 Å². The molecule has 11 heteroatoms. The molecule has 1 fully saturated rings. The molecular formula is C20H28FN7O2S. The molecule has 3 heterocycles. The van der Waals surface area contributed by atoms with Crippen molar-refractivity contribution in [3.8, 4) is 0 Å². The Morgan fingerprint density at radius 2 is 2.00 bits per heavy atom.